The van der Waals surface area contributed by atoms with Gasteiger partial charge in [0.1, 0.15) is 5.75 Å². The molecule has 0 spiro atoms. The predicted octanol–water partition coefficient (Wildman–Crippen LogP) is 2.20. The minimum absolute atomic E-state index is 0.454. The van der Waals surface area contributed by atoms with Crippen LogP contribution in [0, 0.1) is 0 Å². The van der Waals surface area contributed by atoms with Gasteiger partial charge in [0.15, 0.2) is 5.82 Å². The fourth-order valence-corrected chi connectivity index (χ4v) is 1.73. The molecule has 0 saturated heterocycles. The lowest BCUT2D eigenvalue weighted by atomic mass is 10.3. The van der Waals surface area contributed by atoms with Crippen molar-refractivity contribution in [3.05, 3.63) is 30.5 Å². The first-order valence-corrected chi connectivity index (χ1v) is 6.21. The van der Waals surface area contributed by atoms with Gasteiger partial charge in [-0.05, 0) is 25.0 Å². The number of rotatable bonds is 5. The number of nitrogens with zero attached hydrogens (tertiary/aromatic N) is 3. The van der Waals surface area contributed by atoms with Crippen molar-refractivity contribution in [3.63, 3.8) is 0 Å². The number of nitrogens with one attached hydrogen (secondary N) is 2. The summed E-state index contributed by atoms with van der Waals surface area (Å²) < 4.78 is 5.27. The molecular formula is C13H15N5O. The largest absolute Gasteiger partial charge is 0.495 e. The first kappa shape index (κ1) is 11.7. The van der Waals surface area contributed by atoms with Crippen molar-refractivity contribution in [2.24, 2.45) is 0 Å². The Hall–Kier alpha value is -2.37. The Balaban J connectivity index is 1.78. The molecule has 0 atom stereocenters. The number of hydrogen-bond donors (Lipinski definition) is 2. The van der Waals surface area contributed by atoms with Gasteiger partial charge < -0.3 is 15.4 Å². The van der Waals surface area contributed by atoms with Crippen molar-refractivity contribution < 1.29 is 4.74 Å². The standard InChI is InChI=1S/C13H15N5O/c1-19-11-5-3-2-4-10(11)16-13-17-12(8-14-18-13)15-9-6-7-9/h2-5,8-9H,6-7H2,1H3,(H2,15,16,17,18). The van der Waals surface area contributed by atoms with E-state index in [-0.39, 0.29) is 0 Å². The van der Waals surface area contributed by atoms with Crippen molar-refractivity contribution in [2.45, 2.75) is 18.9 Å². The average molecular weight is 257 g/mol. The molecule has 2 N–H and O–H groups in total. The lowest BCUT2D eigenvalue weighted by Gasteiger charge is -2.10. The highest BCUT2D eigenvalue weighted by atomic mass is 16.5. The fourth-order valence-electron chi connectivity index (χ4n) is 1.73. The van der Waals surface area contributed by atoms with Crippen LogP contribution < -0.4 is 15.4 Å². The van der Waals surface area contributed by atoms with Crippen LogP contribution >= 0.6 is 0 Å². The van der Waals surface area contributed by atoms with Crippen LogP contribution in [0.2, 0.25) is 0 Å². The number of ether oxygens (including phenoxy) is 1. The van der Waals surface area contributed by atoms with Crippen molar-refractivity contribution in [1.82, 2.24) is 15.2 Å². The number of para-hydroxylation sites is 2. The SMILES string of the molecule is COc1ccccc1Nc1nncc(NC2CC2)n1. The first-order valence-electron chi connectivity index (χ1n) is 6.21. The van der Waals surface area contributed by atoms with Gasteiger partial charge in [0, 0.05) is 6.04 Å². The van der Waals surface area contributed by atoms with Crippen LogP contribution in [0.4, 0.5) is 17.5 Å². The summed E-state index contributed by atoms with van der Waals surface area (Å²) in [5.41, 5.74) is 0.815. The molecule has 98 valence electrons. The highest BCUT2D eigenvalue weighted by Gasteiger charge is 2.21. The second-order valence-corrected chi connectivity index (χ2v) is 4.41. The van der Waals surface area contributed by atoms with Gasteiger partial charge in [0.05, 0.1) is 19.0 Å². The maximum Gasteiger partial charge on any atom is 0.249 e. The number of anilines is 3. The fraction of sp³-hybridized carbons (Fsp3) is 0.308. The minimum atomic E-state index is 0.454. The Morgan fingerprint density at radius 2 is 2.11 bits per heavy atom. The summed E-state index contributed by atoms with van der Waals surface area (Å²) in [6.07, 6.45) is 4.02. The van der Waals surface area contributed by atoms with Crippen LogP contribution in [-0.4, -0.2) is 28.3 Å². The Kier molecular flexibility index (Phi) is 3.14. The summed E-state index contributed by atoms with van der Waals surface area (Å²) in [6, 6.07) is 8.15. The van der Waals surface area contributed by atoms with E-state index in [0.29, 0.717) is 12.0 Å². The van der Waals surface area contributed by atoms with Crippen LogP contribution in [0.3, 0.4) is 0 Å². The average Bonchev–Trinajstić information content (AvgIpc) is 3.24. The van der Waals surface area contributed by atoms with Crippen molar-refractivity contribution in [3.8, 4) is 5.75 Å². The van der Waals surface area contributed by atoms with E-state index in [1.807, 2.05) is 24.3 Å². The lowest BCUT2D eigenvalue weighted by molar-refractivity contribution is 0.417. The highest BCUT2D eigenvalue weighted by molar-refractivity contribution is 5.62. The zero-order valence-corrected chi connectivity index (χ0v) is 10.6. The van der Waals surface area contributed by atoms with E-state index in [4.69, 9.17) is 4.74 Å². The smallest absolute Gasteiger partial charge is 0.249 e. The van der Waals surface area contributed by atoms with Gasteiger partial charge in [-0.15, -0.1) is 5.10 Å². The van der Waals surface area contributed by atoms with Crippen LogP contribution in [0.5, 0.6) is 5.75 Å². The molecule has 0 unspecified atom stereocenters. The predicted molar refractivity (Wildman–Crippen MR) is 72.7 cm³/mol. The number of benzene rings is 1. The molecule has 19 heavy (non-hydrogen) atoms. The maximum absolute atomic E-state index is 5.27. The quantitative estimate of drug-likeness (QED) is 0.855. The van der Waals surface area contributed by atoms with Crippen molar-refractivity contribution in [1.29, 1.82) is 0 Å². The van der Waals surface area contributed by atoms with E-state index in [2.05, 4.69) is 25.8 Å². The molecule has 1 aromatic heterocycles. The molecule has 6 nitrogen and oxygen atoms in total. The molecule has 0 bridgehead atoms. The van der Waals surface area contributed by atoms with E-state index in [9.17, 15) is 0 Å². The van der Waals surface area contributed by atoms with Gasteiger partial charge in [-0.3, -0.25) is 0 Å². The molecule has 2 aromatic rings. The van der Waals surface area contributed by atoms with Crippen LogP contribution in [-0.2, 0) is 0 Å². The van der Waals surface area contributed by atoms with Crippen molar-refractivity contribution in [2.75, 3.05) is 17.7 Å². The Morgan fingerprint density at radius 3 is 2.89 bits per heavy atom. The molecule has 6 heteroatoms. The van der Waals surface area contributed by atoms with E-state index >= 15 is 0 Å². The zero-order valence-electron chi connectivity index (χ0n) is 10.6. The van der Waals surface area contributed by atoms with Gasteiger partial charge in [-0.1, -0.05) is 12.1 Å². The Morgan fingerprint density at radius 1 is 1.26 bits per heavy atom. The molecule has 0 radical (unpaired) electrons. The topological polar surface area (TPSA) is 72.0 Å². The molecule has 0 aliphatic heterocycles. The molecule has 1 saturated carbocycles. The summed E-state index contributed by atoms with van der Waals surface area (Å²) in [7, 11) is 1.63. The van der Waals surface area contributed by atoms with Gasteiger partial charge in [-0.25, -0.2) is 0 Å². The van der Waals surface area contributed by atoms with Crippen LogP contribution in [0.15, 0.2) is 30.5 Å². The second kappa shape index (κ2) is 5.09. The molecule has 1 aliphatic carbocycles. The third-order valence-electron chi connectivity index (χ3n) is 2.84. The monoisotopic (exact) mass is 257 g/mol. The Labute approximate surface area is 111 Å². The normalized spacial score (nSPS) is 13.9. The first-order chi connectivity index (χ1) is 9.35. The molecule has 0 amide bonds. The van der Waals surface area contributed by atoms with Crippen LogP contribution in [0.1, 0.15) is 12.8 Å². The Bertz CT molecular complexity index is 570. The van der Waals surface area contributed by atoms with Gasteiger partial charge in [0.2, 0.25) is 5.95 Å². The summed E-state index contributed by atoms with van der Waals surface area (Å²) in [5, 5.41) is 14.3. The third-order valence-corrected chi connectivity index (χ3v) is 2.84. The van der Waals surface area contributed by atoms with Gasteiger partial charge in [0.25, 0.3) is 0 Å². The third kappa shape index (κ3) is 2.90. The molecule has 1 aromatic carbocycles. The number of aromatic nitrogens is 3. The molecule has 1 aliphatic rings. The maximum atomic E-state index is 5.27. The highest BCUT2D eigenvalue weighted by Crippen LogP contribution is 2.26. The molecular weight excluding hydrogens is 242 g/mol. The van der Waals surface area contributed by atoms with E-state index < -0.39 is 0 Å². The van der Waals surface area contributed by atoms with Crippen LogP contribution in [0.25, 0.3) is 0 Å². The summed E-state index contributed by atoms with van der Waals surface area (Å²) >= 11 is 0. The zero-order chi connectivity index (χ0) is 13.1. The summed E-state index contributed by atoms with van der Waals surface area (Å²) in [6.45, 7) is 0. The number of methoxy groups -OCH3 is 1. The molecule has 1 heterocycles. The minimum Gasteiger partial charge on any atom is -0.495 e. The van der Waals surface area contributed by atoms with E-state index in [0.717, 1.165) is 17.3 Å². The summed E-state index contributed by atoms with van der Waals surface area (Å²) in [4.78, 5) is 4.37. The number of hydrogen-bond acceptors (Lipinski definition) is 6. The molecule has 3 rings (SSSR count). The molecule has 1 fully saturated rings. The van der Waals surface area contributed by atoms with Gasteiger partial charge >= 0.3 is 0 Å². The van der Waals surface area contributed by atoms with Crippen molar-refractivity contribution >= 4 is 17.5 Å². The summed E-state index contributed by atoms with van der Waals surface area (Å²) in [5.74, 6) is 1.94. The van der Waals surface area contributed by atoms with Gasteiger partial charge in [-0.2, -0.15) is 10.1 Å². The lowest BCUT2D eigenvalue weighted by Crippen LogP contribution is -2.07. The van der Waals surface area contributed by atoms with E-state index in [1.165, 1.54) is 12.8 Å². The second-order valence-electron chi connectivity index (χ2n) is 4.41. The van der Waals surface area contributed by atoms with E-state index in [1.54, 1.807) is 13.3 Å².